The van der Waals surface area contributed by atoms with Crippen LogP contribution in [-0.2, 0) is 16.0 Å². The molecule has 0 saturated heterocycles. The van der Waals surface area contributed by atoms with Gasteiger partial charge in [0.2, 0.25) is 0 Å². The molecule has 2 fully saturated rings. The molecule has 26 heavy (non-hydrogen) atoms. The van der Waals surface area contributed by atoms with Crippen molar-refractivity contribution in [2.45, 2.75) is 38.1 Å². The maximum absolute atomic E-state index is 12.4. The molecule has 0 aliphatic heterocycles. The van der Waals surface area contributed by atoms with E-state index in [1.807, 2.05) is 12.1 Å². The summed E-state index contributed by atoms with van der Waals surface area (Å²) in [6.07, 6.45) is 5.90. The van der Waals surface area contributed by atoms with Gasteiger partial charge in [-0.3, -0.25) is 4.90 Å². The van der Waals surface area contributed by atoms with Crippen LogP contribution in [0.5, 0.6) is 5.75 Å². The second-order valence-electron chi connectivity index (χ2n) is 7.34. The number of hydrogen-bond donors (Lipinski definition) is 2. The van der Waals surface area contributed by atoms with E-state index in [9.17, 15) is 14.7 Å². The molecule has 0 spiro atoms. The predicted octanol–water partition coefficient (Wildman–Crippen LogP) is 2.35. The van der Waals surface area contributed by atoms with Gasteiger partial charge in [0.25, 0.3) is 0 Å². The van der Waals surface area contributed by atoms with Crippen LogP contribution in [0.4, 0.5) is 4.79 Å². The van der Waals surface area contributed by atoms with Gasteiger partial charge in [-0.15, -0.1) is 0 Å². The molecule has 2 bridgehead atoms. The van der Waals surface area contributed by atoms with Crippen molar-refractivity contribution in [3.63, 3.8) is 0 Å². The van der Waals surface area contributed by atoms with Gasteiger partial charge in [0.15, 0.2) is 0 Å². The maximum Gasteiger partial charge on any atom is 0.410 e. The van der Waals surface area contributed by atoms with Crippen molar-refractivity contribution in [3.05, 3.63) is 29.8 Å². The fourth-order valence-corrected chi connectivity index (χ4v) is 4.33. The number of fused-ring (bicyclic) bond motifs is 2. The molecule has 0 radical (unpaired) electrons. The topological polar surface area (TPSA) is 78.9 Å². The Kier molecular flexibility index (Phi) is 6.50. The number of benzene rings is 1. The molecular weight excluding hydrogens is 332 g/mol. The van der Waals surface area contributed by atoms with Gasteiger partial charge in [-0.25, -0.2) is 4.79 Å². The quantitative estimate of drug-likeness (QED) is 0.522. The third-order valence-electron chi connectivity index (χ3n) is 5.64. The Hall–Kier alpha value is -2.08. The van der Waals surface area contributed by atoms with Gasteiger partial charge in [-0.1, -0.05) is 18.6 Å². The van der Waals surface area contributed by atoms with Gasteiger partial charge in [0.1, 0.15) is 18.6 Å². The minimum atomic E-state index is -0.366. The number of carbonyl (C=O) groups excluding carboxylic acids is 2. The average molecular weight is 360 g/mol. The summed E-state index contributed by atoms with van der Waals surface area (Å²) in [6.45, 7) is 1.77. The molecule has 6 heteroatoms. The Bertz CT molecular complexity index is 604. The number of aldehydes is 1. The van der Waals surface area contributed by atoms with Crippen LogP contribution in [0, 0.1) is 11.8 Å². The zero-order valence-corrected chi connectivity index (χ0v) is 15.1. The standard InChI is InChI=1S/C20H28N2O4/c23-11-10-22(19-14-16-1-4-17(19)13-16)20(25)26-12-9-21-8-7-15-2-5-18(24)6-3-15/h2-3,5-6,11,16-17,19,21,24H,1,4,7-10,12-14H2. The smallest absolute Gasteiger partial charge is 0.410 e. The van der Waals surface area contributed by atoms with E-state index in [-0.39, 0.29) is 24.4 Å². The predicted molar refractivity (Wildman–Crippen MR) is 98.0 cm³/mol. The van der Waals surface area contributed by atoms with E-state index >= 15 is 0 Å². The van der Waals surface area contributed by atoms with E-state index in [0.717, 1.165) is 37.7 Å². The highest BCUT2D eigenvalue weighted by Crippen LogP contribution is 2.46. The lowest BCUT2D eigenvalue weighted by Gasteiger charge is -2.32. The molecule has 1 aromatic carbocycles. The van der Waals surface area contributed by atoms with Crippen LogP contribution in [0.2, 0.25) is 0 Å². The minimum Gasteiger partial charge on any atom is -0.508 e. The summed E-state index contributed by atoms with van der Waals surface area (Å²) in [5.41, 5.74) is 1.14. The van der Waals surface area contributed by atoms with Gasteiger partial charge in [0, 0.05) is 12.6 Å². The third kappa shape index (κ3) is 4.75. The normalized spacial score (nSPS) is 23.8. The minimum absolute atomic E-state index is 0.126. The van der Waals surface area contributed by atoms with E-state index in [0.29, 0.717) is 25.0 Å². The third-order valence-corrected chi connectivity index (χ3v) is 5.64. The fourth-order valence-electron chi connectivity index (χ4n) is 4.33. The highest BCUT2D eigenvalue weighted by molar-refractivity contribution is 5.72. The summed E-state index contributed by atoms with van der Waals surface area (Å²) in [5, 5.41) is 12.5. The summed E-state index contributed by atoms with van der Waals surface area (Å²) in [4.78, 5) is 25.0. The van der Waals surface area contributed by atoms with Crippen molar-refractivity contribution < 1.29 is 19.4 Å². The number of hydrogen-bond acceptors (Lipinski definition) is 5. The van der Waals surface area contributed by atoms with Crippen molar-refractivity contribution in [1.29, 1.82) is 0 Å². The summed E-state index contributed by atoms with van der Waals surface area (Å²) in [5.74, 6) is 1.52. The van der Waals surface area contributed by atoms with E-state index in [1.54, 1.807) is 17.0 Å². The molecular formula is C20H28N2O4. The lowest BCUT2D eigenvalue weighted by Crippen LogP contribution is -2.45. The van der Waals surface area contributed by atoms with Crippen LogP contribution in [0.15, 0.2) is 24.3 Å². The number of ether oxygens (including phenoxy) is 1. The molecule has 3 rings (SSSR count). The number of phenolic OH excluding ortho intramolecular Hbond substituents is 1. The van der Waals surface area contributed by atoms with Crippen LogP contribution in [0.3, 0.4) is 0 Å². The van der Waals surface area contributed by atoms with Crippen LogP contribution >= 0.6 is 0 Å². The number of carbonyl (C=O) groups is 2. The molecule has 2 saturated carbocycles. The summed E-state index contributed by atoms with van der Waals surface area (Å²) in [6, 6.07) is 7.31. The first kappa shape index (κ1) is 18.7. The van der Waals surface area contributed by atoms with Crippen LogP contribution in [-0.4, -0.2) is 54.7 Å². The van der Waals surface area contributed by atoms with Gasteiger partial charge < -0.3 is 20.0 Å². The van der Waals surface area contributed by atoms with Gasteiger partial charge in [-0.05, 0) is 61.8 Å². The Balaban J connectivity index is 1.34. The molecule has 1 aromatic rings. The Morgan fingerprint density at radius 3 is 2.69 bits per heavy atom. The Morgan fingerprint density at radius 2 is 2.04 bits per heavy atom. The van der Waals surface area contributed by atoms with E-state index in [2.05, 4.69) is 5.32 Å². The molecule has 2 N–H and O–H groups in total. The second-order valence-corrected chi connectivity index (χ2v) is 7.34. The molecule has 3 unspecified atom stereocenters. The molecule has 1 amide bonds. The van der Waals surface area contributed by atoms with Gasteiger partial charge in [-0.2, -0.15) is 0 Å². The lowest BCUT2D eigenvalue weighted by molar-refractivity contribution is -0.109. The van der Waals surface area contributed by atoms with Crippen LogP contribution < -0.4 is 5.32 Å². The van der Waals surface area contributed by atoms with E-state index in [1.165, 1.54) is 12.8 Å². The monoisotopic (exact) mass is 360 g/mol. The van der Waals surface area contributed by atoms with Crippen LogP contribution in [0.1, 0.15) is 31.2 Å². The van der Waals surface area contributed by atoms with E-state index < -0.39 is 0 Å². The zero-order valence-electron chi connectivity index (χ0n) is 15.1. The Morgan fingerprint density at radius 1 is 1.23 bits per heavy atom. The first-order valence-corrected chi connectivity index (χ1v) is 9.53. The molecule has 0 aromatic heterocycles. The first-order valence-electron chi connectivity index (χ1n) is 9.53. The summed E-state index contributed by atoms with van der Waals surface area (Å²) >= 11 is 0. The van der Waals surface area contributed by atoms with Crippen molar-refractivity contribution in [2.24, 2.45) is 11.8 Å². The number of nitrogens with zero attached hydrogens (tertiary/aromatic N) is 1. The maximum atomic E-state index is 12.4. The lowest BCUT2D eigenvalue weighted by atomic mass is 9.94. The second kappa shape index (κ2) is 9.03. The van der Waals surface area contributed by atoms with Crippen molar-refractivity contribution in [1.82, 2.24) is 10.2 Å². The number of nitrogens with one attached hydrogen (secondary N) is 1. The average Bonchev–Trinajstić information content (AvgIpc) is 3.27. The SMILES string of the molecule is O=CCN(C(=O)OCCNCCc1ccc(O)cc1)C1CC2CCC1C2. The van der Waals surface area contributed by atoms with Crippen molar-refractivity contribution in [2.75, 3.05) is 26.2 Å². The Labute approximate surface area is 154 Å². The largest absolute Gasteiger partial charge is 0.508 e. The number of amides is 1. The highest BCUT2D eigenvalue weighted by Gasteiger charge is 2.44. The fraction of sp³-hybridized carbons (Fsp3) is 0.600. The number of aromatic hydroxyl groups is 1. The number of phenols is 1. The molecule has 6 nitrogen and oxygen atoms in total. The molecule has 2 aliphatic carbocycles. The first-order chi connectivity index (χ1) is 12.7. The van der Waals surface area contributed by atoms with Gasteiger partial charge in [0.05, 0.1) is 6.54 Å². The molecule has 0 heterocycles. The summed E-state index contributed by atoms with van der Waals surface area (Å²) in [7, 11) is 0. The molecule has 2 aliphatic rings. The molecule has 3 atom stereocenters. The van der Waals surface area contributed by atoms with Crippen molar-refractivity contribution in [3.8, 4) is 5.75 Å². The van der Waals surface area contributed by atoms with Crippen LogP contribution in [0.25, 0.3) is 0 Å². The van der Waals surface area contributed by atoms with E-state index in [4.69, 9.17) is 4.74 Å². The number of rotatable bonds is 9. The molecule has 142 valence electrons. The summed E-state index contributed by atoms with van der Waals surface area (Å²) < 4.78 is 5.38. The zero-order chi connectivity index (χ0) is 18.4. The highest BCUT2D eigenvalue weighted by atomic mass is 16.6. The van der Waals surface area contributed by atoms with Gasteiger partial charge >= 0.3 is 6.09 Å². The van der Waals surface area contributed by atoms with Crippen molar-refractivity contribution >= 4 is 12.4 Å².